The fraction of sp³-hybridized carbons (Fsp3) is 0.188. The maximum absolute atomic E-state index is 11.8. The Bertz CT molecular complexity index is 502. The van der Waals surface area contributed by atoms with Gasteiger partial charge >= 0.3 is 0 Å². The van der Waals surface area contributed by atoms with Crippen LogP contribution in [0.3, 0.4) is 0 Å². The van der Waals surface area contributed by atoms with Crippen molar-refractivity contribution < 1.29 is 4.79 Å². The van der Waals surface area contributed by atoms with Crippen LogP contribution in [0.25, 0.3) is 11.1 Å². The van der Waals surface area contributed by atoms with Crippen LogP contribution in [0.15, 0.2) is 54.6 Å². The second-order valence-electron chi connectivity index (χ2n) is 4.16. The third-order valence-electron chi connectivity index (χ3n) is 2.85. The standard InChI is InChI=1S/C16H15BrO/c17-12-4-7-16(18)15-10-8-14(9-11-15)13-5-2-1-3-6-13/h1-3,5-6,8-11H,4,7,12H2. The second-order valence-corrected chi connectivity index (χ2v) is 4.95. The average Bonchev–Trinajstić information content (AvgIpc) is 2.46. The van der Waals surface area contributed by atoms with E-state index in [0.717, 1.165) is 22.9 Å². The molecular formula is C16H15BrO. The molecule has 0 unspecified atom stereocenters. The molecule has 0 aliphatic rings. The Morgan fingerprint density at radius 3 is 2.11 bits per heavy atom. The van der Waals surface area contributed by atoms with Crippen molar-refractivity contribution >= 4 is 21.7 Å². The largest absolute Gasteiger partial charge is 0.294 e. The first-order valence-corrected chi connectivity index (χ1v) is 7.18. The molecule has 2 aromatic carbocycles. The van der Waals surface area contributed by atoms with Crippen LogP contribution in [0, 0.1) is 0 Å². The summed E-state index contributed by atoms with van der Waals surface area (Å²) in [5.74, 6) is 0.217. The summed E-state index contributed by atoms with van der Waals surface area (Å²) in [5, 5.41) is 0.876. The van der Waals surface area contributed by atoms with Crippen LogP contribution in [0.5, 0.6) is 0 Å². The Morgan fingerprint density at radius 2 is 1.50 bits per heavy atom. The minimum absolute atomic E-state index is 0.217. The molecule has 0 N–H and O–H groups in total. The minimum atomic E-state index is 0.217. The van der Waals surface area contributed by atoms with Crippen LogP contribution >= 0.6 is 15.9 Å². The zero-order valence-corrected chi connectivity index (χ0v) is 11.7. The van der Waals surface area contributed by atoms with E-state index in [9.17, 15) is 4.79 Å². The third-order valence-corrected chi connectivity index (χ3v) is 3.41. The van der Waals surface area contributed by atoms with Gasteiger partial charge in [-0.25, -0.2) is 0 Å². The van der Waals surface area contributed by atoms with Gasteiger partial charge in [-0.15, -0.1) is 0 Å². The van der Waals surface area contributed by atoms with E-state index in [1.807, 2.05) is 42.5 Å². The van der Waals surface area contributed by atoms with E-state index in [1.165, 1.54) is 5.56 Å². The first kappa shape index (κ1) is 13.0. The first-order chi connectivity index (χ1) is 8.81. The van der Waals surface area contributed by atoms with Crippen molar-refractivity contribution in [1.82, 2.24) is 0 Å². The highest BCUT2D eigenvalue weighted by atomic mass is 79.9. The van der Waals surface area contributed by atoms with Crippen molar-refractivity contribution in [3.05, 3.63) is 60.2 Å². The summed E-state index contributed by atoms with van der Waals surface area (Å²) in [7, 11) is 0. The number of hydrogen-bond donors (Lipinski definition) is 0. The number of benzene rings is 2. The number of carbonyl (C=O) groups excluding carboxylic acids is 1. The molecule has 18 heavy (non-hydrogen) atoms. The molecular weight excluding hydrogens is 288 g/mol. The molecule has 0 saturated heterocycles. The van der Waals surface area contributed by atoms with E-state index in [2.05, 4.69) is 28.1 Å². The Labute approximate surface area is 116 Å². The average molecular weight is 303 g/mol. The molecule has 0 fully saturated rings. The Balaban J connectivity index is 2.13. The summed E-state index contributed by atoms with van der Waals surface area (Å²) in [4.78, 5) is 11.8. The highest BCUT2D eigenvalue weighted by molar-refractivity contribution is 9.09. The summed E-state index contributed by atoms with van der Waals surface area (Å²) in [6.45, 7) is 0. The van der Waals surface area contributed by atoms with Gasteiger partial charge in [-0.2, -0.15) is 0 Å². The lowest BCUT2D eigenvalue weighted by molar-refractivity contribution is 0.0982. The van der Waals surface area contributed by atoms with Gasteiger partial charge in [0.05, 0.1) is 0 Å². The monoisotopic (exact) mass is 302 g/mol. The van der Waals surface area contributed by atoms with Crippen LogP contribution in [0.1, 0.15) is 23.2 Å². The van der Waals surface area contributed by atoms with Gasteiger partial charge in [0, 0.05) is 17.3 Å². The number of ketones is 1. The summed E-state index contributed by atoms with van der Waals surface area (Å²) in [6, 6.07) is 18.0. The van der Waals surface area contributed by atoms with Gasteiger partial charge in [0.25, 0.3) is 0 Å². The van der Waals surface area contributed by atoms with Crippen molar-refractivity contribution in [1.29, 1.82) is 0 Å². The fourth-order valence-electron chi connectivity index (χ4n) is 1.85. The first-order valence-electron chi connectivity index (χ1n) is 6.06. The summed E-state index contributed by atoms with van der Waals surface area (Å²) < 4.78 is 0. The van der Waals surface area contributed by atoms with Crippen LogP contribution in [-0.2, 0) is 0 Å². The molecule has 0 radical (unpaired) electrons. The molecule has 0 saturated carbocycles. The summed E-state index contributed by atoms with van der Waals surface area (Å²) in [6.07, 6.45) is 1.50. The fourth-order valence-corrected chi connectivity index (χ4v) is 2.13. The van der Waals surface area contributed by atoms with Gasteiger partial charge in [-0.05, 0) is 17.5 Å². The molecule has 2 rings (SSSR count). The molecule has 0 spiro atoms. The van der Waals surface area contributed by atoms with Crippen molar-refractivity contribution in [3.8, 4) is 11.1 Å². The smallest absolute Gasteiger partial charge is 0.162 e. The number of Topliss-reactive ketones (excluding diaryl/α,β-unsaturated/α-hetero) is 1. The number of hydrogen-bond acceptors (Lipinski definition) is 1. The lowest BCUT2D eigenvalue weighted by Gasteiger charge is -2.03. The molecule has 1 nitrogen and oxygen atoms in total. The van der Waals surface area contributed by atoms with Crippen LogP contribution in [0.4, 0.5) is 0 Å². The maximum atomic E-state index is 11.8. The maximum Gasteiger partial charge on any atom is 0.162 e. The molecule has 2 heteroatoms. The highest BCUT2D eigenvalue weighted by Gasteiger charge is 2.05. The summed E-state index contributed by atoms with van der Waals surface area (Å²) >= 11 is 3.34. The number of alkyl halides is 1. The van der Waals surface area contributed by atoms with Crippen molar-refractivity contribution in [2.45, 2.75) is 12.8 Å². The lowest BCUT2D eigenvalue weighted by atomic mass is 10.0. The Kier molecular flexibility index (Phi) is 4.71. The molecule has 0 bridgehead atoms. The van der Waals surface area contributed by atoms with E-state index in [0.29, 0.717) is 6.42 Å². The molecule has 0 atom stereocenters. The quantitative estimate of drug-likeness (QED) is 0.577. The topological polar surface area (TPSA) is 17.1 Å². The number of rotatable bonds is 5. The van der Waals surface area contributed by atoms with Crippen molar-refractivity contribution in [2.75, 3.05) is 5.33 Å². The zero-order chi connectivity index (χ0) is 12.8. The van der Waals surface area contributed by atoms with Gasteiger partial charge in [0.1, 0.15) is 0 Å². The van der Waals surface area contributed by atoms with Crippen molar-refractivity contribution in [2.24, 2.45) is 0 Å². The molecule has 0 amide bonds. The van der Waals surface area contributed by atoms with E-state index in [-0.39, 0.29) is 5.78 Å². The van der Waals surface area contributed by atoms with Gasteiger partial charge in [-0.3, -0.25) is 4.79 Å². The van der Waals surface area contributed by atoms with Gasteiger partial charge in [0.15, 0.2) is 5.78 Å². The molecule has 0 aromatic heterocycles. The predicted octanol–water partition coefficient (Wildman–Crippen LogP) is 4.71. The van der Waals surface area contributed by atoms with E-state index >= 15 is 0 Å². The third kappa shape index (κ3) is 3.30. The van der Waals surface area contributed by atoms with Gasteiger partial charge in [-0.1, -0.05) is 70.5 Å². The van der Waals surface area contributed by atoms with E-state index < -0.39 is 0 Å². The van der Waals surface area contributed by atoms with Crippen LogP contribution < -0.4 is 0 Å². The SMILES string of the molecule is O=C(CCCBr)c1ccc(-c2ccccc2)cc1. The van der Waals surface area contributed by atoms with Crippen LogP contribution in [0.2, 0.25) is 0 Å². The molecule has 2 aromatic rings. The second kappa shape index (κ2) is 6.50. The van der Waals surface area contributed by atoms with Crippen LogP contribution in [-0.4, -0.2) is 11.1 Å². The number of carbonyl (C=O) groups is 1. The lowest BCUT2D eigenvalue weighted by Crippen LogP contribution is -1.98. The molecule has 0 aliphatic carbocycles. The molecule has 92 valence electrons. The minimum Gasteiger partial charge on any atom is -0.294 e. The predicted molar refractivity (Wildman–Crippen MR) is 79.2 cm³/mol. The normalized spacial score (nSPS) is 10.3. The van der Waals surface area contributed by atoms with Crippen molar-refractivity contribution in [3.63, 3.8) is 0 Å². The van der Waals surface area contributed by atoms with Gasteiger partial charge < -0.3 is 0 Å². The van der Waals surface area contributed by atoms with E-state index in [4.69, 9.17) is 0 Å². The van der Waals surface area contributed by atoms with E-state index in [1.54, 1.807) is 0 Å². The number of halogens is 1. The highest BCUT2D eigenvalue weighted by Crippen LogP contribution is 2.19. The Hall–Kier alpha value is -1.41. The summed E-state index contributed by atoms with van der Waals surface area (Å²) in [5.41, 5.74) is 3.13. The van der Waals surface area contributed by atoms with Gasteiger partial charge in [0.2, 0.25) is 0 Å². The molecule has 0 heterocycles. The Morgan fingerprint density at radius 1 is 0.889 bits per heavy atom. The molecule has 0 aliphatic heterocycles. The zero-order valence-electron chi connectivity index (χ0n) is 10.1.